The van der Waals surface area contributed by atoms with E-state index in [0.717, 1.165) is 59.7 Å². The lowest BCUT2D eigenvalue weighted by atomic mass is 10.1. The predicted molar refractivity (Wildman–Crippen MR) is 120 cm³/mol. The highest BCUT2D eigenvalue weighted by molar-refractivity contribution is 5.94. The minimum Gasteiger partial charge on any atom is -0.354 e. The average Bonchev–Trinajstić information content (AvgIpc) is 3.23. The van der Waals surface area contributed by atoms with Crippen LogP contribution >= 0.6 is 0 Å². The fourth-order valence-electron chi connectivity index (χ4n) is 3.83. The SMILES string of the molecule is O=C(c1ccc(Nc2cncc(-c3cc4cc(F)ccc4[nH]3)c2)cc1)N1CCNCC1. The van der Waals surface area contributed by atoms with E-state index in [1.807, 2.05) is 41.3 Å². The number of benzene rings is 2. The number of H-pyrrole nitrogens is 1. The molecule has 0 spiro atoms. The number of pyridine rings is 1. The first kappa shape index (κ1) is 19.3. The van der Waals surface area contributed by atoms with Gasteiger partial charge in [0.15, 0.2) is 0 Å². The molecule has 2 aromatic carbocycles. The Morgan fingerprint density at radius 1 is 0.968 bits per heavy atom. The molecule has 6 nitrogen and oxygen atoms in total. The Balaban J connectivity index is 1.32. The van der Waals surface area contributed by atoms with Crippen molar-refractivity contribution in [1.82, 2.24) is 20.2 Å². The maximum Gasteiger partial charge on any atom is 0.253 e. The van der Waals surface area contributed by atoms with Gasteiger partial charge in [0.2, 0.25) is 0 Å². The fourth-order valence-corrected chi connectivity index (χ4v) is 3.83. The van der Waals surface area contributed by atoms with Crippen molar-refractivity contribution < 1.29 is 9.18 Å². The second-order valence-corrected chi connectivity index (χ2v) is 7.62. The molecule has 1 saturated heterocycles. The number of carbonyl (C=O) groups excluding carboxylic acids is 1. The van der Waals surface area contributed by atoms with E-state index in [0.29, 0.717) is 5.56 Å². The summed E-state index contributed by atoms with van der Waals surface area (Å²) in [5.41, 5.74) is 5.02. The summed E-state index contributed by atoms with van der Waals surface area (Å²) in [5.74, 6) is -0.197. The zero-order valence-electron chi connectivity index (χ0n) is 16.9. The number of piperazine rings is 1. The molecule has 5 rings (SSSR count). The van der Waals surface area contributed by atoms with Gasteiger partial charge in [-0.15, -0.1) is 0 Å². The van der Waals surface area contributed by atoms with E-state index in [1.165, 1.54) is 12.1 Å². The molecule has 0 atom stereocenters. The second-order valence-electron chi connectivity index (χ2n) is 7.62. The van der Waals surface area contributed by atoms with E-state index >= 15 is 0 Å². The van der Waals surface area contributed by atoms with Crippen LogP contribution in [-0.4, -0.2) is 47.0 Å². The molecule has 3 heterocycles. The van der Waals surface area contributed by atoms with Crippen LogP contribution in [0.4, 0.5) is 15.8 Å². The number of halogens is 1. The molecule has 7 heteroatoms. The highest BCUT2D eigenvalue weighted by atomic mass is 19.1. The molecule has 4 aromatic rings. The van der Waals surface area contributed by atoms with Gasteiger partial charge in [-0.2, -0.15) is 0 Å². The Morgan fingerprint density at radius 3 is 2.58 bits per heavy atom. The van der Waals surface area contributed by atoms with Gasteiger partial charge in [0.05, 0.1) is 11.9 Å². The first-order valence-electron chi connectivity index (χ1n) is 10.3. The average molecular weight is 415 g/mol. The van der Waals surface area contributed by atoms with Gasteiger partial charge >= 0.3 is 0 Å². The number of amides is 1. The molecule has 2 aromatic heterocycles. The lowest BCUT2D eigenvalue weighted by Crippen LogP contribution is -2.46. The number of hydrogen-bond donors (Lipinski definition) is 3. The van der Waals surface area contributed by atoms with Crippen LogP contribution in [0.25, 0.3) is 22.2 Å². The zero-order valence-corrected chi connectivity index (χ0v) is 16.9. The summed E-state index contributed by atoms with van der Waals surface area (Å²) in [4.78, 5) is 22.1. The maximum absolute atomic E-state index is 13.5. The van der Waals surface area contributed by atoms with E-state index < -0.39 is 0 Å². The van der Waals surface area contributed by atoms with Crippen LogP contribution in [0.15, 0.2) is 67.0 Å². The summed E-state index contributed by atoms with van der Waals surface area (Å²) in [6.45, 7) is 3.13. The third-order valence-electron chi connectivity index (χ3n) is 5.46. The minimum atomic E-state index is -0.259. The third-order valence-corrected chi connectivity index (χ3v) is 5.46. The summed E-state index contributed by atoms with van der Waals surface area (Å²) in [6, 6.07) is 16.0. The number of fused-ring (bicyclic) bond motifs is 1. The van der Waals surface area contributed by atoms with Crippen molar-refractivity contribution in [3.8, 4) is 11.3 Å². The minimum absolute atomic E-state index is 0.0620. The maximum atomic E-state index is 13.5. The van der Waals surface area contributed by atoms with Crippen molar-refractivity contribution in [1.29, 1.82) is 0 Å². The Labute approximate surface area is 179 Å². The standard InChI is InChI=1S/C24H22FN5O/c25-19-3-6-22-17(11-19)13-23(29-22)18-12-21(15-27-14-18)28-20-4-1-16(2-5-20)24(31)30-9-7-26-8-10-30/h1-6,11-15,26,28-29H,7-10H2. The zero-order chi connectivity index (χ0) is 21.2. The Kier molecular flexibility index (Phi) is 5.09. The van der Waals surface area contributed by atoms with Gasteiger partial charge < -0.3 is 20.5 Å². The Morgan fingerprint density at radius 2 is 1.77 bits per heavy atom. The van der Waals surface area contributed by atoms with Gasteiger partial charge in [-0.05, 0) is 54.6 Å². The summed E-state index contributed by atoms with van der Waals surface area (Å²) < 4.78 is 13.5. The molecule has 156 valence electrons. The molecule has 1 amide bonds. The molecular formula is C24H22FN5O. The van der Waals surface area contributed by atoms with Crippen LogP contribution in [0.1, 0.15) is 10.4 Å². The number of carbonyl (C=O) groups is 1. The van der Waals surface area contributed by atoms with Gasteiger partial charge in [-0.3, -0.25) is 9.78 Å². The van der Waals surface area contributed by atoms with Gasteiger partial charge in [-0.25, -0.2) is 4.39 Å². The number of nitrogens with one attached hydrogen (secondary N) is 3. The van der Waals surface area contributed by atoms with Crippen LogP contribution < -0.4 is 10.6 Å². The Hall–Kier alpha value is -3.71. The lowest BCUT2D eigenvalue weighted by molar-refractivity contribution is 0.0736. The second kappa shape index (κ2) is 8.20. The van der Waals surface area contributed by atoms with E-state index in [2.05, 4.69) is 20.6 Å². The van der Waals surface area contributed by atoms with Crippen LogP contribution in [-0.2, 0) is 0 Å². The number of nitrogens with zero attached hydrogens (tertiary/aromatic N) is 2. The van der Waals surface area contributed by atoms with Gasteiger partial charge in [0.25, 0.3) is 5.91 Å². The molecule has 3 N–H and O–H groups in total. The predicted octanol–water partition coefficient (Wildman–Crippen LogP) is 4.16. The van der Waals surface area contributed by atoms with E-state index in [4.69, 9.17) is 0 Å². The highest BCUT2D eigenvalue weighted by Gasteiger charge is 2.17. The molecule has 1 aliphatic heterocycles. The summed E-state index contributed by atoms with van der Waals surface area (Å²) in [7, 11) is 0. The molecule has 1 fully saturated rings. The third kappa shape index (κ3) is 4.13. The van der Waals surface area contributed by atoms with Gasteiger partial charge in [-0.1, -0.05) is 0 Å². The van der Waals surface area contributed by atoms with Gasteiger partial charge in [0.1, 0.15) is 5.82 Å². The summed E-state index contributed by atoms with van der Waals surface area (Å²) in [6.07, 6.45) is 3.51. The molecule has 0 bridgehead atoms. The molecule has 1 aliphatic rings. The normalized spacial score (nSPS) is 14.0. The van der Waals surface area contributed by atoms with Crippen LogP contribution in [0, 0.1) is 5.82 Å². The smallest absolute Gasteiger partial charge is 0.253 e. The molecule has 0 saturated carbocycles. The van der Waals surface area contributed by atoms with Crippen molar-refractivity contribution in [2.75, 3.05) is 31.5 Å². The topological polar surface area (TPSA) is 73.0 Å². The molecule has 0 aliphatic carbocycles. The van der Waals surface area contributed by atoms with Crippen molar-refractivity contribution >= 4 is 28.2 Å². The van der Waals surface area contributed by atoms with Crippen molar-refractivity contribution in [3.63, 3.8) is 0 Å². The van der Waals surface area contributed by atoms with E-state index in [-0.39, 0.29) is 11.7 Å². The molecular weight excluding hydrogens is 393 g/mol. The number of aromatic nitrogens is 2. The number of anilines is 2. The van der Waals surface area contributed by atoms with Crippen LogP contribution in [0.3, 0.4) is 0 Å². The number of hydrogen-bond acceptors (Lipinski definition) is 4. The molecule has 0 radical (unpaired) electrons. The monoisotopic (exact) mass is 415 g/mol. The first-order valence-corrected chi connectivity index (χ1v) is 10.3. The Bertz CT molecular complexity index is 1230. The summed E-state index contributed by atoms with van der Waals surface area (Å²) in [5, 5.41) is 7.40. The van der Waals surface area contributed by atoms with Crippen molar-refractivity contribution in [2.45, 2.75) is 0 Å². The van der Waals surface area contributed by atoms with Crippen LogP contribution in [0.2, 0.25) is 0 Å². The van der Waals surface area contributed by atoms with E-state index in [1.54, 1.807) is 18.5 Å². The quantitative estimate of drug-likeness (QED) is 0.468. The highest BCUT2D eigenvalue weighted by Crippen LogP contribution is 2.27. The summed E-state index contributed by atoms with van der Waals surface area (Å²) >= 11 is 0. The molecule has 31 heavy (non-hydrogen) atoms. The van der Waals surface area contributed by atoms with Crippen LogP contribution in [0.5, 0.6) is 0 Å². The largest absolute Gasteiger partial charge is 0.354 e. The first-order chi connectivity index (χ1) is 15.2. The fraction of sp³-hybridized carbons (Fsp3) is 0.167. The number of rotatable bonds is 4. The van der Waals surface area contributed by atoms with E-state index in [9.17, 15) is 9.18 Å². The van der Waals surface area contributed by atoms with Crippen molar-refractivity contribution in [3.05, 3.63) is 78.4 Å². The van der Waals surface area contributed by atoms with Crippen molar-refractivity contribution in [2.24, 2.45) is 0 Å². The van der Waals surface area contributed by atoms with Gasteiger partial charge in [0, 0.05) is 65.8 Å². The lowest BCUT2D eigenvalue weighted by Gasteiger charge is -2.27. The number of aromatic amines is 1. The molecule has 0 unspecified atom stereocenters.